The molecule has 0 aliphatic carbocycles. The van der Waals surface area contributed by atoms with Crippen molar-refractivity contribution in [3.05, 3.63) is 34.9 Å². The normalized spacial score (nSPS) is 15.5. The zero-order valence-corrected chi connectivity index (χ0v) is 20.4. The molecule has 1 atom stereocenters. The van der Waals surface area contributed by atoms with Crippen LogP contribution in [0.4, 0.5) is 5.13 Å². The Morgan fingerprint density at radius 1 is 1.12 bits per heavy atom. The molecule has 1 aliphatic rings. The van der Waals surface area contributed by atoms with E-state index in [9.17, 15) is 4.79 Å². The number of fused-ring (bicyclic) bond motifs is 1. The van der Waals surface area contributed by atoms with Crippen molar-refractivity contribution < 1.29 is 28.5 Å². The topological polar surface area (TPSA) is 79.4 Å². The lowest BCUT2D eigenvalue weighted by molar-refractivity contribution is 0.0917. The number of carbonyl (C=O) groups is 1. The highest BCUT2D eigenvalue weighted by atomic mass is 35.5. The van der Waals surface area contributed by atoms with Crippen LogP contribution in [0.5, 0.6) is 23.0 Å². The number of halogens is 1. The third kappa shape index (κ3) is 4.53. The van der Waals surface area contributed by atoms with E-state index < -0.39 is 0 Å². The lowest BCUT2D eigenvalue weighted by Crippen LogP contribution is -2.37. The van der Waals surface area contributed by atoms with Gasteiger partial charge in [0.15, 0.2) is 16.6 Å². The van der Waals surface area contributed by atoms with Gasteiger partial charge in [0.25, 0.3) is 5.91 Å². The first-order chi connectivity index (χ1) is 16.0. The maximum Gasteiger partial charge on any atom is 0.260 e. The van der Waals surface area contributed by atoms with Crippen molar-refractivity contribution in [1.82, 2.24) is 4.98 Å². The van der Waals surface area contributed by atoms with E-state index in [0.29, 0.717) is 57.4 Å². The van der Waals surface area contributed by atoms with Crippen LogP contribution < -0.4 is 23.8 Å². The zero-order chi connectivity index (χ0) is 23.5. The third-order valence-electron chi connectivity index (χ3n) is 5.47. The van der Waals surface area contributed by atoms with Crippen molar-refractivity contribution in [2.24, 2.45) is 0 Å². The Morgan fingerprint density at radius 2 is 1.82 bits per heavy atom. The minimum absolute atomic E-state index is 0.0830. The highest BCUT2D eigenvalue weighted by Crippen LogP contribution is 2.41. The number of carbonyl (C=O) groups excluding carboxylic acids is 1. The van der Waals surface area contributed by atoms with Gasteiger partial charge in [-0.2, -0.15) is 0 Å². The van der Waals surface area contributed by atoms with Gasteiger partial charge in [-0.1, -0.05) is 22.9 Å². The van der Waals surface area contributed by atoms with Gasteiger partial charge in [0.2, 0.25) is 5.75 Å². The monoisotopic (exact) mass is 492 g/mol. The molecule has 10 heteroatoms. The second kappa shape index (κ2) is 10.0. The molecule has 1 saturated heterocycles. The smallest absolute Gasteiger partial charge is 0.260 e. The van der Waals surface area contributed by atoms with Crippen LogP contribution >= 0.6 is 22.9 Å². The molecule has 8 nitrogen and oxygen atoms in total. The van der Waals surface area contributed by atoms with Gasteiger partial charge in [-0.3, -0.25) is 9.69 Å². The van der Waals surface area contributed by atoms with E-state index in [1.165, 1.54) is 32.7 Å². The molecule has 2 heterocycles. The van der Waals surface area contributed by atoms with Crippen molar-refractivity contribution in [2.45, 2.75) is 18.9 Å². The number of rotatable bonds is 8. The molecule has 1 fully saturated rings. The van der Waals surface area contributed by atoms with Gasteiger partial charge >= 0.3 is 0 Å². The summed E-state index contributed by atoms with van der Waals surface area (Å²) in [6, 6.07) is 6.79. The summed E-state index contributed by atoms with van der Waals surface area (Å²) < 4.78 is 28.3. The molecular formula is C23H25ClN2O6S. The van der Waals surface area contributed by atoms with Gasteiger partial charge in [0.1, 0.15) is 11.3 Å². The van der Waals surface area contributed by atoms with Crippen LogP contribution in [-0.4, -0.2) is 58.6 Å². The zero-order valence-electron chi connectivity index (χ0n) is 18.8. The molecule has 1 amide bonds. The average Bonchev–Trinajstić information content (AvgIpc) is 3.52. The Kier molecular flexibility index (Phi) is 7.11. The van der Waals surface area contributed by atoms with E-state index in [1.54, 1.807) is 36.3 Å². The fourth-order valence-electron chi connectivity index (χ4n) is 3.82. The number of thiazole rings is 1. The Morgan fingerprint density at radius 3 is 2.39 bits per heavy atom. The number of hydrogen-bond donors (Lipinski definition) is 0. The Bertz CT molecular complexity index is 1140. The summed E-state index contributed by atoms with van der Waals surface area (Å²) >= 11 is 7.76. The third-order valence-corrected chi connectivity index (χ3v) is 7.00. The Balaban J connectivity index is 1.81. The van der Waals surface area contributed by atoms with Crippen LogP contribution in [0.25, 0.3) is 10.2 Å². The maximum absolute atomic E-state index is 13.8. The molecule has 1 aromatic heterocycles. The molecule has 2 aromatic carbocycles. The van der Waals surface area contributed by atoms with Crippen molar-refractivity contribution in [3.8, 4) is 23.0 Å². The first kappa shape index (κ1) is 23.4. The summed E-state index contributed by atoms with van der Waals surface area (Å²) in [4.78, 5) is 20.2. The van der Waals surface area contributed by atoms with E-state index in [0.717, 1.165) is 17.5 Å². The van der Waals surface area contributed by atoms with Gasteiger partial charge in [-0.05, 0) is 37.1 Å². The summed E-state index contributed by atoms with van der Waals surface area (Å²) in [5.74, 6) is 1.53. The number of anilines is 1. The van der Waals surface area contributed by atoms with E-state index in [2.05, 4.69) is 0 Å². The first-order valence-electron chi connectivity index (χ1n) is 10.4. The van der Waals surface area contributed by atoms with Crippen molar-refractivity contribution in [1.29, 1.82) is 0 Å². The summed E-state index contributed by atoms with van der Waals surface area (Å²) in [5, 5.41) is 1.05. The second-order valence-corrected chi connectivity index (χ2v) is 8.77. The fraction of sp³-hybridized carbons (Fsp3) is 0.391. The molecule has 4 rings (SSSR count). The quantitative estimate of drug-likeness (QED) is 0.446. The van der Waals surface area contributed by atoms with E-state index in [4.69, 9.17) is 40.3 Å². The molecule has 0 radical (unpaired) electrons. The highest BCUT2D eigenvalue weighted by Gasteiger charge is 2.29. The van der Waals surface area contributed by atoms with E-state index in [1.807, 2.05) is 0 Å². The molecule has 3 aromatic rings. The average molecular weight is 493 g/mol. The van der Waals surface area contributed by atoms with Gasteiger partial charge in [-0.25, -0.2) is 4.98 Å². The SMILES string of the molecule is COc1cc(C(=O)N(CC2CCCO2)c2nc3c(OC)ccc(Cl)c3s2)cc(OC)c1OC. The van der Waals surface area contributed by atoms with Crippen LogP contribution in [0.2, 0.25) is 5.02 Å². The van der Waals surface area contributed by atoms with E-state index in [-0.39, 0.29) is 12.0 Å². The summed E-state index contributed by atoms with van der Waals surface area (Å²) in [6.45, 7) is 1.03. The molecule has 0 N–H and O–H groups in total. The molecule has 0 bridgehead atoms. The molecule has 1 unspecified atom stereocenters. The van der Waals surface area contributed by atoms with Crippen LogP contribution in [0.1, 0.15) is 23.2 Å². The van der Waals surface area contributed by atoms with Crippen LogP contribution in [0.3, 0.4) is 0 Å². The van der Waals surface area contributed by atoms with Gasteiger partial charge in [0, 0.05) is 12.2 Å². The molecule has 1 aliphatic heterocycles. The van der Waals surface area contributed by atoms with Crippen molar-refractivity contribution >= 4 is 44.2 Å². The Labute approximate surface area is 200 Å². The Hall–Kier alpha value is -2.75. The number of amides is 1. The number of nitrogens with zero attached hydrogens (tertiary/aromatic N) is 2. The number of benzene rings is 2. The van der Waals surface area contributed by atoms with Crippen LogP contribution in [0.15, 0.2) is 24.3 Å². The largest absolute Gasteiger partial charge is 0.494 e. The minimum Gasteiger partial charge on any atom is -0.494 e. The standard InChI is InChI=1S/C23H25ClN2O6S/c1-28-16-8-7-15(24)21-19(16)25-23(33-21)26(12-14-6-5-9-32-14)22(27)13-10-17(29-2)20(31-4)18(11-13)30-3/h7-8,10-11,14H,5-6,9,12H2,1-4H3. The van der Waals surface area contributed by atoms with Gasteiger partial charge < -0.3 is 23.7 Å². The lowest BCUT2D eigenvalue weighted by Gasteiger charge is -2.24. The molecule has 176 valence electrons. The predicted octanol–water partition coefficient (Wildman–Crippen LogP) is 4.81. The van der Waals surface area contributed by atoms with Crippen LogP contribution in [0, 0.1) is 0 Å². The summed E-state index contributed by atoms with van der Waals surface area (Å²) in [5.41, 5.74) is 0.986. The van der Waals surface area contributed by atoms with Crippen molar-refractivity contribution in [3.63, 3.8) is 0 Å². The summed E-state index contributed by atoms with van der Waals surface area (Å²) in [6.07, 6.45) is 1.74. The molecule has 0 saturated carbocycles. The number of hydrogen-bond acceptors (Lipinski definition) is 8. The number of ether oxygens (including phenoxy) is 5. The molecule has 33 heavy (non-hydrogen) atoms. The fourth-order valence-corrected chi connectivity index (χ4v) is 5.09. The van der Waals surface area contributed by atoms with E-state index >= 15 is 0 Å². The lowest BCUT2D eigenvalue weighted by atomic mass is 10.1. The highest BCUT2D eigenvalue weighted by molar-refractivity contribution is 7.23. The summed E-state index contributed by atoms with van der Waals surface area (Å²) in [7, 11) is 6.12. The van der Waals surface area contributed by atoms with Gasteiger partial charge in [0.05, 0.1) is 50.8 Å². The number of methoxy groups -OCH3 is 4. The first-order valence-corrected chi connectivity index (χ1v) is 11.6. The maximum atomic E-state index is 13.8. The molecule has 0 spiro atoms. The molecular weight excluding hydrogens is 468 g/mol. The number of aromatic nitrogens is 1. The second-order valence-electron chi connectivity index (χ2n) is 7.39. The van der Waals surface area contributed by atoms with Crippen molar-refractivity contribution in [2.75, 3.05) is 46.5 Å². The predicted molar refractivity (Wildman–Crippen MR) is 128 cm³/mol. The minimum atomic E-state index is -0.265. The van der Waals surface area contributed by atoms with Crippen LogP contribution in [-0.2, 0) is 4.74 Å². The van der Waals surface area contributed by atoms with Gasteiger partial charge in [-0.15, -0.1) is 0 Å².